The SMILES string of the molecule is CC(C)(C)CC(C)(C)c1cc(CO)c(O)c(CO)c1. The van der Waals surface area contributed by atoms with Crippen LogP contribution in [0.3, 0.4) is 0 Å². The Labute approximate surface area is 115 Å². The van der Waals surface area contributed by atoms with Crippen LogP contribution < -0.4 is 0 Å². The first-order valence-corrected chi connectivity index (χ1v) is 6.67. The largest absolute Gasteiger partial charge is 0.507 e. The van der Waals surface area contributed by atoms with Gasteiger partial charge in [0.1, 0.15) is 5.75 Å². The van der Waals surface area contributed by atoms with Crippen molar-refractivity contribution in [3.8, 4) is 5.75 Å². The molecule has 1 rings (SSSR count). The number of aliphatic hydroxyl groups excluding tert-OH is 2. The molecule has 0 unspecified atom stereocenters. The van der Waals surface area contributed by atoms with Crippen LogP contribution in [0.5, 0.6) is 5.75 Å². The Balaban J connectivity index is 3.26. The molecule has 0 fully saturated rings. The molecule has 0 aliphatic rings. The van der Waals surface area contributed by atoms with Gasteiger partial charge in [0.2, 0.25) is 0 Å². The van der Waals surface area contributed by atoms with Gasteiger partial charge in [-0.25, -0.2) is 0 Å². The van der Waals surface area contributed by atoms with Crippen LogP contribution in [0.25, 0.3) is 0 Å². The number of aliphatic hydroxyl groups is 2. The molecule has 1 aromatic carbocycles. The number of aromatic hydroxyl groups is 1. The van der Waals surface area contributed by atoms with Crippen LogP contribution in [0.15, 0.2) is 12.1 Å². The fourth-order valence-corrected chi connectivity index (χ4v) is 2.82. The van der Waals surface area contributed by atoms with E-state index in [1.807, 2.05) is 12.1 Å². The molecule has 0 aliphatic heterocycles. The standard InChI is InChI=1S/C16H26O3/c1-15(2,3)10-16(4,5)13-6-11(8-17)14(19)12(7-13)9-18/h6-7,17-19H,8-10H2,1-5H3. The van der Waals surface area contributed by atoms with Gasteiger partial charge in [-0.15, -0.1) is 0 Å². The summed E-state index contributed by atoms with van der Waals surface area (Å²) in [6.07, 6.45) is 0.973. The van der Waals surface area contributed by atoms with Gasteiger partial charge in [0.25, 0.3) is 0 Å². The van der Waals surface area contributed by atoms with Crippen molar-refractivity contribution in [3.05, 3.63) is 28.8 Å². The molecule has 0 saturated carbocycles. The van der Waals surface area contributed by atoms with Gasteiger partial charge in [-0.05, 0) is 34.9 Å². The summed E-state index contributed by atoms with van der Waals surface area (Å²) in [6, 6.07) is 3.67. The van der Waals surface area contributed by atoms with Gasteiger partial charge in [-0.3, -0.25) is 0 Å². The predicted molar refractivity (Wildman–Crippen MR) is 77.1 cm³/mol. The molecule has 0 aromatic heterocycles. The first kappa shape index (κ1) is 16.0. The summed E-state index contributed by atoms with van der Waals surface area (Å²) in [5, 5.41) is 28.5. The molecule has 3 N–H and O–H groups in total. The van der Waals surface area contributed by atoms with E-state index in [-0.39, 0.29) is 29.8 Å². The van der Waals surface area contributed by atoms with E-state index >= 15 is 0 Å². The van der Waals surface area contributed by atoms with Gasteiger partial charge >= 0.3 is 0 Å². The molecule has 108 valence electrons. The molecule has 0 amide bonds. The number of benzene rings is 1. The Morgan fingerprint density at radius 3 is 1.63 bits per heavy atom. The fraction of sp³-hybridized carbons (Fsp3) is 0.625. The van der Waals surface area contributed by atoms with Crippen LogP contribution in [-0.4, -0.2) is 15.3 Å². The van der Waals surface area contributed by atoms with Crippen LogP contribution in [-0.2, 0) is 18.6 Å². The Bertz CT molecular complexity index is 417. The van der Waals surface area contributed by atoms with Crippen LogP contribution >= 0.6 is 0 Å². The summed E-state index contributed by atoms with van der Waals surface area (Å²) in [6.45, 7) is 10.4. The molecule has 0 atom stereocenters. The van der Waals surface area contributed by atoms with Crippen LogP contribution in [0, 0.1) is 5.41 Å². The molecule has 0 heterocycles. The summed E-state index contributed by atoms with van der Waals surface area (Å²) in [4.78, 5) is 0. The van der Waals surface area contributed by atoms with Gasteiger partial charge in [-0.1, -0.05) is 34.6 Å². The van der Waals surface area contributed by atoms with E-state index in [1.54, 1.807) is 0 Å². The summed E-state index contributed by atoms with van der Waals surface area (Å²) in [7, 11) is 0. The Kier molecular flexibility index (Phi) is 4.64. The second-order valence-electron chi connectivity index (χ2n) is 7.08. The predicted octanol–water partition coefficient (Wildman–Crippen LogP) is 3.09. The van der Waals surface area contributed by atoms with E-state index in [2.05, 4.69) is 34.6 Å². The minimum atomic E-state index is -0.224. The molecule has 0 aliphatic carbocycles. The molecular weight excluding hydrogens is 240 g/mol. The number of hydrogen-bond acceptors (Lipinski definition) is 3. The minimum absolute atomic E-state index is 0.000286. The maximum absolute atomic E-state index is 9.89. The minimum Gasteiger partial charge on any atom is -0.507 e. The zero-order valence-electron chi connectivity index (χ0n) is 12.6. The summed E-state index contributed by atoms with van der Waals surface area (Å²) in [5.74, 6) is 0.000286. The lowest BCUT2D eigenvalue weighted by molar-refractivity contribution is 0.260. The third kappa shape index (κ3) is 3.95. The van der Waals surface area contributed by atoms with Crippen LogP contribution in [0.4, 0.5) is 0 Å². The highest BCUT2D eigenvalue weighted by molar-refractivity contribution is 5.45. The zero-order chi connectivity index (χ0) is 14.8. The molecular formula is C16H26O3. The summed E-state index contributed by atoms with van der Waals surface area (Å²) < 4.78 is 0. The van der Waals surface area contributed by atoms with Crippen molar-refractivity contribution in [3.63, 3.8) is 0 Å². The number of hydrogen-bond donors (Lipinski definition) is 3. The van der Waals surface area contributed by atoms with Gasteiger partial charge in [0.15, 0.2) is 0 Å². The molecule has 0 bridgehead atoms. The van der Waals surface area contributed by atoms with Gasteiger partial charge in [-0.2, -0.15) is 0 Å². The average molecular weight is 266 g/mol. The maximum Gasteiger partial charge on any atom is 0.126 e. The van der Waals surface area contributed by atoms with Crippen molar-refractivity contribution in [1.82, 2.24) is 0 Å². The summed E-state index contributed by atoms with van der Waals surface area (Å²) in [5.41, 5.74) is 2.08. The van der Waals surface area contributed by atoms with E-state index in [9.17, 15) is 15.3 Å². The van der Waals surface area contributed by atoms with Crippen molar-refractivity contribution in [2.45, 2.75) is 59.7 Å². The van der Waals surface area contributed by atoms with E-state index in [0.29, 0.717) is 11.1 Å². The molecule has 0 spiro atoms. The second kappa shape index (κ2) is 5.51. The highest BCUT2D eigenvalue weighted by atomic mass is 16.3. The monoisotopic (exact) mass is 266 g/mol. The number of rotatable bonds is 4. The van der Waals surface area contributed by atoms with Crippen molar-refractivity contribution < 1.29 is 15.3 Å². The smallest absolute Gasteiger partial charge is 0.126 e. The fourth-order valence-electron chi connectivity index (χ4n) is 2.82. The molecule has 3 heteroatoms. The molecule has 0 radical (unpaired) electrons. The van der Waals surface area contributed by atoms with Crippen molar-refractivity contribution >= 4 is 0 Å². The molecule has 0 saturated heterocycles. The third-order valence-corrected chi connectivity index (χ3v) is 3.36. The quantitative estimate of drug-likeness (QED) is 0.785. The average Bonchev–Trinajstić information content (AvgIpc) is 2.25. The Morgan fingerprint density at radius 2 is 1.32 bits per heavy atom. The van der Waals surface area contributed by atoms with Crippen molar-refractivity contribution in [1.29, 1.82) is 0 Å². The zero-order valence-corrected chi connectivity index (χ0v) is 12.6. The molecule has 1 aromatic rings. The van der Waals surface area contributed by atoms with Crippen molar-refractivity contribution in [2.24, 2.45) is 5.41 Å². The topological polar surface area (TPSA) is 60.7 Å². The Morgan fingerprint density at radius 1 is 0.895 bits per heavy atom. The molecule has 3 nitrogen and oxygen atoms in total. The third-order valence-electron chi connectivity index (χ3n) is 3.36. The number of phenols is 1. The second-order valence-corrected chi connectivity index (χ2v) is 7.08. The lowest BCUT2D eigenvalue weighted by Gasteiger charge is -2.33. The Hall–Kier alpha value is -1.06. The first-order valence-electron chi connectivity index (χ1n) is 6.67. The van der Waals surface area contributed by atoms with Gasteiger partial charge < -0.3 is 15.3 Å². The highest BCUT2D eigenvalue weighted by Gasteiger charge is 2.28. The van der Waals surface area contributed by atoms with Gasteiger partial charge in [0, 0.05) is 11.1 Å². The van der Waals surface area contributed by atoms with Crippen LogP contribution in [0.2, 0.25) is 0 Å². The van der Waals surface area contributed by atoms with Gasteiger partial charge in [0.05, 0.1) is 13.2 Å². The van der Waals surface area contributed by atoms with E-state index in [0.717, 1.165) is 12.0 Å². The maximum atomic E-state index is 9.89. The van der Waals surface area contributed by atoms with Crippen molar-refractivity contribution in [2.75, 3.05) is 0 Å². The van der Waals surface area contributed by atoms with E-state index in [4.69, 9.17) is 0 Å². The van der Waals surface area contributed by atoms with E-state index < -0.39 is 0 Å². The van der Waals surface area contributed by atoms with Crippen LogP contribution in [0.1, 0.15) is 57.7 Å². The first-order chi connectivity index (χ1) is 8.60. The lowest BCUT2D eigenvalue weighted by Crippen LogP contribution is -2.25. The molecule has 19 heavy (non-hydrogen) atoms. The summed E-state index contributed by atoms with van der Waals surface area (Å²) >= 11 is 0. The highest BCUT2D eigenvalue weighted by Crippen LogP contribution is 2.38. The van der Waals surface area contributed by atoms with E-state index in [1.165, 1.54) is 0 Å². The lowest BCUT2D eigenvalue weighted by atomic mass is 9.71. The normalized spacial score (nSPS) is 12.8.